The normalized spacial score (nSPS) is 11.4. The molecule has 1 N–H and O–H groups in total. The van der Waals surface area contributed by atoms with Crippen molar-refractivity contribution in [3.05, 3.63) is 59.8 Å². The Morgan fingerprint density at radius 2 is 1.68 bits per heavy atom. The van der Waals surface area contributed by atoms with E-state index in [2.05, 4.69) is 24.4 Å². The highest BCUT2D eigenvalue weighted by Gasteiger charge is 2.30. The summed E-state index contributed by atoms with van der Waals surface area (Å²) < 4.78 is 41.8. The lowest BCUT2D eigenvalue weighted by atomic mass is 10.0. The van der Waals surface area contributed by atoms with Gasteiger partial charge in [-0.2, -0.15) is 0 Å². The Hall–Kier alpha value is -2.58. The Kier molecular flexibility index (Phi) is 5.90. The molecule has 0 radical (unpaired) electrons. The second-order valence-electron chi connectivity index (χ2n) is 5.55. The highest BCUT2D eigenvalue weighted by molar-refractivity contribution is 7.98. The summed E-state index contributed by atoms with van der Waals surface area (Å²) >= 11 is 1.28. The van der Waals surface area contributed by atoms with Crippen LogP contribution < -0.4 is 4.74 Å². The molecule has 11 heteroatoms. The molecule has 28 heavy (non-hydrogen) atoms. The molecule has 0 amide bonds. The first-order chi connectivity index (χ1) is 13.2. The lowest BCUT2D eigenvalue weighted by Crippen LogP contribution is -2.16. The summed E-state index contributed by atoms with van der Waals surface area (Å²) in [7, 11) is 2.28. The average molecular weight is 427 g/mol. The third-order valence-electron chi connectivity index (χ3n) is 3.61. The van der Waals surface area contributed by atoms with Gasteiger partial charge in [0.1, 0.15) is 10.8 Å². The van der Waals surface area contributed by atoms with E-state index in [9.17, 15) is 18.0 Å². The number of hydrogen-bond donors (Lipinski definition) is 1. The SMILES string of the molecule is O=C(O)c1nnn(P)c1SCc1ccc(-c2ccc(OC(F)(F)F)cc2)cc1. The van der Waals surface area contributed by atoms with E-state index in [1.165, 1.54) is 28.3 Å². The number of carboxylic acids is 1. The molecule has 6 nitrogen and oxygen atoms in total. The van der Waals surface area contributed by atoms with Gasteiger partial charge >= 0.3 is 12.3 Å². The molecule has 0 bridgehead atoms. The molecule has 1 aromatic heterocycles. The molecular formula is C17H13F3N3O3PS. The molecule has 0 aliphatic carbocycles. The zero-order valence-electron chi connectivity index (χ0n) is 14.1. The van der Waals surface area contributed by atoms with Crippen molar-refractivity contribution in [2.45, 2.75) is 17.1 Å². The van der Waals surface area contributed by atoms with Crippen molar-refractivity contribution in [3.8, 4) is 16.9 Å². The number of aromatic carboxylic acids is 1. The van der Waals surface area contributed by atoms with E-state index in [0.717, 1.165) is 16.7 Å². The van der Waals surface area contributed by atoms with Gasteiger partial charge in [-0.05, 0) is 38.2 Å². The molecule has 1 heterocycles. The molecule has 3 rings (SSSR count). The Balaban J connectivity index is 1.67. The molecule has 3 aromatic rings. The first-order valence-corrected chi connectivity index (χ1v) is 9.25. The van der Waals surface area contributed by atoms with E-state index < -0.39 is 12.3 Å². The van der Waals surface area contributed by atoms with Crippen LogP contribution in [-0.4, -0.2) is 32.2 Å². The molecule has 1 unspecified atom stereocenters. The number of carboxylic acid groups (broad SMARTS) is 1. The summed E-state index contributed by atoms with van der Waals surface area (Å²) in [6.07, 6.45) is -4.72. The maximum absolute atomic E-state index is 12.2. The number of nitrogens with zero attached hydrogens (tertiary/aromatic N) is 3. The van der Waals surface area contributed by atoms with Gasteiger partial charge in [0, 0.05) is 5.75 Å². The third kappa shape index (κ3) is 5.02. The zero-order valence-corrected chi connectivity index (χ0v) is 16.0. The fourth-order valence-corrected chi connectivity index (χ4v) is 3.67. The van der Waals surface area contributed by atoms with E-state index in [0.29, 0.717) is 10.8 Å². The van der Waals surface area contributed by atoms with Crippen LogP contribution in [0.1, 0.15) is 16.1 Å². The first kappa shape index (κ1) is 20.2. The largest absolute Gasteiger partial charge is 0.573 e. The van der Waals surface area contributed by atoms with E-state index >= 15 is 0 Å². The molecule has 0 aliphatic rings. The zero-order chi connectivity index (χ0) is 20.3. The van der Waals surface area contributed by atoms with Crippen LogP contribution in [0.25, 0.3) is 11.1 Å². The van der Waals surface area contributed by atoms with Crippen molar-refractivity contribution < 1.29 is 27.8 Å². The fraction of sp³-hybridized carbons (Fsp3) is 0.118. The molecule has 2 aromatic carbocycles. The minimum atomic E-state index is -4.72. The molecule has 0 fully saturated rings. The maximum atomic E-state index is 12.2. The van der Waals surface area contributed by atoms with Crippen LogP contribution >= 0.6 is 21.2 Å². The summed E-state index contributed by atoms with van der Waals surface area (Å²) in [5.41, 5.74) is 2.40. The van der Waals surface area contributed by atoms with Crippen molar-refractivity contribution in [3.63, 3.8) is 0 Å². The summed E-state index contributed by atoms with van der Waals surface area (Å²) in [6.45, 7) is 0. The number of hydrogen-bond acceptors (Lipinski definition) is 5. The second kappa shape index (κ2) is 8.20. The van der Waals surface area contributed by atoms with Crippen LogP contribution in [0.2, 0.25) is 0 Å². The Morgan fingerprint density at radius 1 is 1.11 bits per heavy atom. The van der Waals surface area contributed by atoms with Gasteiger partial charge in [0.2, 0.25) is 5.69 Å². The average Bonchev–Trinajstić information content (AvgIpc) is 3.01. The van der Waals surface area contributed by atoms with Crippen LogP contribution in [0, 0.1) is 0 Å². The lowest BCUT2D eigenvalue weighted by Gasteiger charge is -2.09. The van der Waals surface area contributed by atoms with Gasteiger partial charge in [-0.15, -0.1) is 18.3 Å². The summed E-state index contributed by atoms with van der Waals surface area (Å²) in [5.74, 6) is -0.925. The van der Waals surface area contributed by atoms with Crippen molar-refractivity contribution in [2.24, 2.45) is 0 Å². The predicted octanol–water partition coefficient (Wildman–Crippen LogP) is 4.47. The fourth-order valence-electron chi connectivity index (χ4n) is 2.35. The topological polar surface area (TPSA) is 77.2 Å². The smallest absolute Gasteiger partial charge is 0.476 e. The molecule has 1 atom stereocenters. The van der Waals surface area contributed by atoms with Gasteiger partial charge in [0.05, 0.1) is 0 Å². The van der Waals surface area contributed by atoms with Crippen molar-refractivity contribution in [1.29, 1.82) is 0 Å². The highest BCUT2D eigenvalue weighted by Crippen LogP contribution is 2.29. The van der Waals surface area contributed by atoms with Crippen LogP contribution in [0.5, 0.6) is 5.75 Å². The number of rotatable bonds is 6. The number of ether oxygens (including phenoxy) is 1. The van der Waals surface area contributed by atoms with Gasteiger partial charge in [-0.25, -0.2) is 9.25 Å². The molecule has 0 spiro atoms. The number of benzene rings is 2. The highest BCUT2D eigenvalue weighted by atomic mass is 32.2. The van der Waals surface area contributed by atoms with Crippen LogP contribution in [0.15, 0.2) is 53.6 Å². The van der Waals surface area contributed by atoms with E-state index in [1.807, 2.05) is 24.3 Å². The second-order valence-corrected chi connectivity index (χ2v) is 7.00. The van der Waals surface area contributed by atoms with Gasteiger partial charge in [0.15, 0.2) is 0 Å². The van der Waals surface area contributed by atoms with Gasteiger partial charge < -0.3 is 9.84 Å². The summed E-state index contributed by atoms with van der Waals surface area (Å²) in [4.78, 5) is 11.1. The van der Waals surface area contributed by atoms with Crippen LogP contribution in [0.4, 0.5) is 13.2 Å². The first-order valence-electron chi connectivity index (χ1n) is 7.75. The summed E-state index contributed by atoms with van der Waals surface area (Å²) in [5, 5.41) is 16.8. The van der Waals surface area contributed by atoms with E-state index in [4.69, 9.17) is 5.11 Å². The summed E-state index contributed by atoms with van der Waals surface area (Å²) in [6, 6.07) is 13.0. The number of alkyl halides is 3. The maximum Gasteiger partial charge on any atom is 0.573 e. The molecule has 0 aliphatic heterocycles. The molecule has 146 valence electrons. The van der Waals surface area contributed by atoms with Crippen LogP contribution in [0.3, 0.4) is 0 Å². The van der Waals surface area contributed by atoms with Crippen LogP contribution in [-0.2, 0) is 5.75 Å². The Bertz CT molecular complexity index is 976. The number of aromatic nitrogens is 3. The standard InChI is InChI=1S/C17H13F3N3O3PS/c18-17(19,20)26-13-7-5-12(6-8-13)11-3-1-10(2-4-11)9-28-15-14(16(24)25)21-22-23(15)27/h1-8H,9,27H2,(H,24,25). The predicted molar refractivity (Wildman–Crippen MR) is 100 cm³/mol. The van der Waals surface area contributed by atoms with Crippen molar-refractivity contribution >= 4 is 27.1 Å². The quantitative estimate of drug-likeness (QED) is 0.462. The molecule has 0 saturated heterocycles. The van der Waals surface area contributed by atoms with E-state index in [-0.39, 0.29) is 11.4 Å². The van der Waals surface area contributed by atoms with Crippen molar-refractivity contribution in [2.75, 3.05) is 0 Å². The molecule has 0 saturated carbocycles. The van der Waals surface area contributed by atoms with Crippen molar-refractivity contribution in [1.82, 2.24) is 14.8 Å². The molecular weight excluding hydrogens is 414 g/mol. The number of halogens is 3. The van der Waals surface area contributed by atoms with Gasteiger partial charge in [0.25, 0.3) is 0 Å². The third-order valence-corrected chi connectivity index (χ3v) is 5.29. The monoisotopic (exact) mass is 427 g/mol. The Morgan fingerprint density at radius 3 is 2.21 bits per heavy atom. The van der Waals surface area contributed by atoms with Gasteiger partial charge in [-0.1, -0.05) is 53.4 Å². The Labute approximate surface area is 164 Å². The van der Waals surface area contributed by atoms with Gasteiger partial charge in [-0.3, -0.25) is 0 Å². The minimum absolute atomic E-state index is 0.113. The minimum Gasteiger partial charge on any atom is -0.476 e. The number of carbonyl (C=O) groups is 1. The van der Waals surface area contributed by atoms with E-state index in [1.54, 1.807) is 12.1 Å². The number of thioether (sulfide) groups is 1. The lowest BCUT2D eigenvalue weighted by molar-refractivity contribution is -0.274.